The van der Waals surface area contributed by atoms with E-state index in [4.69, 9.17) is 15.2 Å². The highest BCUT2D eigenvalue weighted by Crippen LogP contribution is 2.52. The summed E-state index contributed by atoms with van der Waals surface area (Å²) in [5.41, 5.74) is 6.91. The second-order valence-corrected chi connectivity index (χ2v) is 8.09. The molecule has 2 heterocycles. The number of amides is 1. The molecule has 0 radical (unpaired) electrons. The van der Waals surface area contributed by atoms with Crippen LogP contribution in [0, 0.1) is 11.8 Å². The van der Waals surface area contributed by atoms with Crippen molar-refractivity contribution < 1.29 is 14.3 Å². The molecular formula is C21H30N2O3. The topological polar surface area (TPSA) is 64.8 Å². The molecule has 5 nitrogen and oxygen atoms in total. The lowest BCUT2D eigenvalue weighted by molar-refractivity contribution is -0.179. The first-order valence-corrected chi connectivity index (χ1v) is 9.92. The second-order valence-electron chi connectivity index (χ2n) is 8.09. The van der Waals surface area contributed by atoms with Gasteiger partial charge in [-0.25, -0.2) is 0 Å². The number of primary amides is 1. The fourth-order valence-corrected chi connectivity index (χ4v) is 5.62. The highest BCUT2D eigenvalue weighted by molar-refractivity contribution is 5.92. The predicted octanol–water partition coefficient (Wildman–Crippen LogP) is 2.54. The second kappa shape index (κ2) is 7.29. The van der Waals surface area contributed by atoms with Crippen LogP contribution in [-0.2, 0) is 15.1 Å². The first-order valence-electron chi connectivity index (χ1n) is 9.92. The highest BCUT2D eigenvalue weighted by atomic mass is 16.5. The summed E-state index contributed by atoms with van der Waals surface area (Å²) in [4.78, 5) is 14.3. The molecule has 0 spiro atoms. The molecule has 2 aliphatic heterocycles. The molecule has 1 aromatic carbocycles. The smallest absolute Gasteiger partial charge is 0.248 e. The number of benzene rings is 1. The number of rotatable bonds is 4. The molecule has 2 N–H and O–H groups in total. The lowest BCUT2D eigenvalue weighted by Crippen LogP contribution is -2.61. The van der Waals surface area contributed by atoms with E-state index in [0.717, 1.165) is 51.1 Å². The summed E-state index contributed by atoms with van der Waals surface area (Å²) >= 11 is 0. The van der Waals surface area contributed by atoms with E-state index in [1.807, 2.05) is 19.2 Å². The first kappa shape index (κ1) is 18.0. The Morgan fingerprint density at radius 1 is 1.23 bits per heavy atom. The number of fused-ring (bicyclic) bond motifs is 2. The van der Waals surface area contributed by atoms with E-state index < -0.39 is 0 Å². The van der Waals surface area contributed by atoms with Crippen LogP contribution in [0.25, 0.3) is 0 Å². The summed E-state index contributed by atoms with van der Waals surface area (Å²) in [6.45, 7) is 3.84. The van der Waals surface area contributed by atoms with Gasteiger partial charge in [-0.2, -0.15) is 0 Å². The van der Waals surface area contributed by atoms with Crippen molar-refractivity contribution in [2.45, 2.75) is 43.7 Å². The van der Waals surface area contributed by atoms with Crippen molar-refractivity contribution in [1.29, 1.82) is 0 Å². The van der Waals surface area contributed by atoms with Crippen molar-refractivity contribution in [3.8, 4) is 0 Å². The molecule has 5 heteroatoms. The van der Waals surface area contributed by atoms with E-state index >= 15 is 0 Å². The molecule has 4 atom stereocenters. The Hall–Kier alpha value is -1.43. The fraction of sp³-hybridized carbons (Fsp3) is 0.667. The Morgan fingerprint density at radius 3 is 2.62 bits per heavy atom. The van der Waals surface area contributed by atoms with E-state index in [1.54, 1.807) is 6.07 Å². The van der Waals surface area contributed by atoms with E-state index in [9.17, 15) is 4.79 Å². The van der Waals surface area contributed by atoms with Crippen molar-refractivity contribution >= 4 is 5.91 Å². The van der Waals surface area contributed by atoms with Gasteiger partial charge in [-0.1, -0.05) is 18.6 Å². The molecule has 26 heavy (non-hydrogen) atoms. The van der Waals surface area contributed by atoms with Crippen molar-refractivity contribution in [3.05, 3.63) is 35.4 Å². The molecule has 142 valence electrons. The number of nitrogens with two attached hydrogens (primary N) is 1. The van der Waals surface area contributed by atoms with Gasteiger partial charge in [0.2, 0.25) is 5.91 Å². The molecule has 3 aliphatic rings. The highest BCUT2D eigenvalue weighted by Gasteiger charge is 2.54. The van der Waals surface area contributed by atoms with Gasteiger partial charge < -0.3 is 15.2 Å². The van der Waals surface area contributed by atoms with Gasteiger partial charge in [0.1, 0.15) is 5.60 Å². The van der Waals surface area contributed by atoms with Crippen LogP contribution in [0.1, 0.15) is 48.0 Å². The van der Waals surface area contributed by atoms with Crippen LogP contribution in [0.15, 0.2) is 24.3 Å². The molecule has 2 saturated heterocycles. The molecule has 3 fully saturated rings. The van der Waals surface area contributed by atoms with E-state index in [1.165, 1.54) is 12.8 Å². The maximum atomic E-state index is 11.7. The minimum absolute atomic E-state index is 0.310. The van der Waals surface area contributed by atoms with Crippen molar-refractivity contribution in [2.24, 2.45) is 17.6 Å². The minimum Gasteiger partial charge on any atom is -0.380 e. The zero-order valence-electron chi connectivity index (χ0n) is 15.7. The number of hydrogen-bond acceptors (Lipinski definition) is 4. The maximum absolute atomic E-state index is 11.7. The van der Waals surface area contributed by atoms with Gasteiger partial charge in [0.15, 0.2) is 0 Å². The Morgan fingerprint density at radius 2 is 2.00 bits per heavy atom. The number of ether oxygens (including phenoxy) is 2. The van der Waals surface area contributed by atoms with Gasteiger partial charge in [0.05, 0.1) is 6.61 Å². The number of piperidine rings is 1. The summed E-state index contributed by atoms with van der Waals surface area (Å²) < 4.78 is 12.0. The van der Waals surface area contributed by atoms with Crippen LogP contribution in [0.2, 0.25) is 0 Å². The fourth-order valence-electron chi connectivity index (χ4n) is 5.62. The van der Waals surface area contributed by atoms with Crippen LogP contribution in [0.5, 0.6) is 0 Å². The third-order valence-electron chi connectivity index (χ3n) is 6.82. The normalized spacial score (nSPS) is 35.2. The summed E-state index contributed by atoms with van der Waals surface area (Å²) in [6.07, 6.45) is 5.97. The lowest BCUT2D eigenvalue weighted by atomic mass is 9.62. The van der Waals surface area contributed by atoms with E-state index in [0.29, 0.717) is 23.4 Å². The van der Waals surface area contributed by atoms with Crippen LogP contribution in [-0.4, -0.2) is 50.3 Å². The monoisotopic (exact) mass is 358 g/mol. The lowest BCUT2D eigenvalue weighted by Gasteiger charge is -2.57. The predicted molar refractivity (Wildman–Crippen MR) is 99.9 cm³/mol. The Labute approximate surface area is 155 Å². The Balaban J connectivity index is 1.66. The molecule has 2 bridgehead atoms. The van der Waals surface area contributed by atoms with Gasteiger partial charge in [-0.3, -0.25) is 9.69 Å². The zero-order valence-corrected chi connectivity index (χ0v) is 15.7. The third kappa shape index (κ3) is 2.96. The number of likely N-dealkylation sites (tertiary alicyclic amines) is 1. The van der Waals surface area contributed by atoms with Crippen LogP contribution < -0.4 is 5.73 Å². The Kier molecular flexibility index (Phi) is 5.04. The number of carbonyl (C=O) groups is 1. The molecule has 4 rings (SSSR count). The van der Waals surface area contributed by atoms with Crippen molar-refractivity contribution in [3.63, 3.8) is 0 Å². The summed E-state index contributed by atoms with van der Waals surface area (Å²) in [5.74, 6) is 0.496. The number of carbonyl (C=O) groups excluding carboxylic acids is 1. The molecule has 0 aromatic heterocycles. The quantitative estimate of drug-likeness (QED) is 0.898. The summed E-state index contributed by atoms with van der Waals surface area (Å²) in [5, 5.41) is 0. The molecule has 1 aliphatic carbocycles. The standard InChI is InChI=1S/C21H30N2O3/c1-25-21(16-6-2-5-15(11-16)20(22)24)17-7-3-8-18(21)13-23(12-17)19-9-4-10-26-14-19/h2,5-6,11,17-19H,3-4,7-10,12-14H2,1H3,(H2,22,24)/t17-,18+,19-,21?/m0/s1. The van der Waals surface area contributed by atoms with Gasteiger partial charge in [0, 0.05) is 50.2 Å². The summed E-state index contributed by atoms with van der Waals surface area (Å²) in [6, 6.07) is 8.34. The average molecular weight is 358 g/mol. The molecule has 1 unspecified atom stereocenters. The third-order valence-corrected chi connectivity index (χ3v) is 6.82. The SMILES string of the molecule is COC1(c2cccc(C(N)=O)c2)[C@@H]2CCC[C@H]1CN([C@H]1CCCOC1)C2. The van der Waals surface area contributed by atoms with E-state index in [2.05, 4.69) is 11.0 Å². The van der Waals surface area contributed by atoms with Crippen LogP contribution >= 0.6 is 0 Å². The zero-order chi connectivity index (χ0) is 18.1. The molecule has 1 amide bonds. The minimum atomic E-state index is -0.375. The Bertz CT molecular complexity index is 642. The first-order chi connectivity index (χ1) is 12.6. The van der Waals surface area contributed by atoms with Crippen LogP contribution in [0.3, 0.4) is 0 Å². The van der Waals surface area contributed by atoms with Crippen molar-refractivity contribution in [2.75, 3.05) is 33.4 Å². The average Bonchev–Trinajstić information content (AvgIpc) is 2.67. The summed E-state index contributed by atoms with van der Waals surface area (Å²) in [7, 11) is 1.83. The van der Waals surface area contributed by atoms with Gasteiger partial charge in [-0.05, 0) is 43.4 Å². The van der Waals surface area contributed by atoms with Gasteiger partial charge >= 0.3 is 0 Å². The van der Waals surface area contributed by atoms with Gasteiger partial charge in [-0.15, -0.1) is 0 Å². The molecule has 1 saturated carbocycles. The largest absolute Gasteiger partial charge is 0.380 e. The number of nitrogens with zero attached hydrogens (tertiary/aromatic N) is 1. The molecular weight excluding hydrogens is 328 g/mol. The number of hydrogen-bond donors (Lipinski definition) is 1. The number of methoxy groups -OCH3 is 1. The molecule has 1 aromatic rings. The van der Waals surface area contributed by atoms with E-state index in [-0.39, 0.29) is 11.5 Å². The van der Waals surface area contributed by atoms with Crippen molar-refractivity contribution in [1.82, 2.24) is 4.90 Å². The van der Waals surface area contributed by atoms with Crippen LogP contribution in [0.4, 0.5) is 0 Å². The maximum Gasteiger partial charge on any atom is 0.248 e. The van der Waals surface area contributed by atoms with Gasteiger partial charge in [0.25, 0.3) is 0 Å².